The fraction of sp³-hybridized carbons (Fsp3) is 0.0769. The largest absolute Gasteiger partial charge is 0.417 e. The first-order valence-corrected chi connectivity index (χ1v) is 6.41. The molecule has 0 bridgehead atoms. The molecule has 0 saturated carbocycles. The van der Waals surface area contributed by atoms with Crippen molar-refractivity contribution in [3.63, 3.8) is 0 Å². The van der Waals surface area contributed by atoms with Crippen molar-refractivity contribution in [3.05, 3.63) is 41.2 Å². The van der Waals surface area contributed by atoms with Gasteiger partial charge in [0.15, 0.2) is 5.82 Å². The van der Waals surface area contributed by atoms with E-state index in [9.17, 15) is 13.2 Å². The summed E-state index contributed by atoms with van der Waals surface area (Å²) >= 11 is 5.92. The number of nitrogens with zero attached hydrogens (tertiary/aromatic N) is 3. The average molecular weight is 328 g/mol. The monoisotopic (exact) mass is 327 g/mol. The molecule has 0 amide bonds. The van der Waals surface area contributed by atoms with Gasteiger partial charge in [-0.2, -0.15) is 18.3 Å². The Labute approximate surface area is 127 Å². The molecule has 0 spiro atoms. The van der Waals surface area contributed by atoms with Crippen LogP contribution in [-0.2, 0) is 6.18 Å². The fourth-order valence-electron chi connectivity index (χ4n) is 2.02. The smallest absolute Gasteiger partial charge is 0.397 e. The molecule has 2 aromatic heterocycles. The van der Waals surface area contributed by atoms with E-state index in [0.717, 1.165) is 6.07 Å². The normalized spacial score (nSPS) is 12.0. The van der Waals surface area contributed by atoms with E-state index < -0.39 is 11.7 Å². The van der Waals surface area contributed by atoms with E-state index in [-0.39, 0.29) is 10.8 Å². The minimum absolute atomic E-state index is 0.0776. The fourth-order valence-corrected chi connectivity index (χ4v) is 2.26. The number of alkyl halides is 3. The molecule has 9 heteroatoms. The van der Waals surface area contributed by atoms with E-state index in [1.54, 1.807) is 12.1 Å². The van der Waals surface area contributed by atoms with Gasteiger partial charge >= 0.3 is 6.18 Å². The van der Waals surface area contributed by atoms with Crippen LogP contribution in [0, 0.1) is 0 Å². The van der Waals surface area contributed by atoms with E-state index in [4.69, 9.17) is 23.1 Å². The molecule has 0 aliphatic carbocycles. The van der Waals surface area contributed by atoms with Crippen LogP contribution in [0.3, 0.4) is 0 Å². The number of hydrogen-bond donors (Lipinski definition) is 2. The third-order valence-corrected chi connectivity index (χ3v) is 3.40. The Kier molecular flexibility index (Phi) is 3.13. The summed E-state index contributed by atoms with van der Waals surface area (Å²) in [5.74, 6) is 0.0776. The minimum Gasteiger partial charge on any atom is -0.397 e. The van der Waals surface area contributed by atoms with Gasteiger partial charge in [-0.05, 0) is 18.2 Å². The molecule has 0 unspecified atom stereocenters. The van der Waals surface area contributed by atoms with E-state index in [1.807, 2.05) is 0 Å². The third kappa shape index (κ3) is 2.31. The predicted octanol–water partition coefficient (Wildman–Crippen LogP) is 3.26. The van der Waals surface area contributed by atoms with Gasteiger partial charge in [-0.25, -0.2) is 9.67 Å². The van der Waals surface area contributed by atoms with Gasteiger partial charge in [0, 0.05) is 11.6 Å². The van der Waals surface area contributed by atoms with Crippen LogP contribution in [0.1, 0.15) is 5.56 Å². The van der Waals surface area contributed by atoms with E-state index in [2.05, 4.69) is 10.1 Å². The molecule has 3 aromatic rings. The van der Waals surface area contributed by atoms with Crippen molar-refractivity contribution in [1.82, 2.24) is 14.8 Å². The maximum absolute atomic E-state index is 12.6. The van der Waals surface area contributed by atoms with Gasteiger partial charge in [0.2, 0.25) is 0 Å². The van der Waals surface area contributed by atoms with Crippen LogP contribution >= 0.6 is 11.6 Å². The van der Waals surface area contributed by atoms with Crippen molar-refractivity contribution in [2.75, 3.05) is 11.5 Å². The van der Waals surface area contributed by atoms with Crippen LogP contribution in [0.4, 0.5) is 24.5 Å². The molecule has 2 heterocycles. The number of nitrogens with two attached hydrogens (primary N) is 2. The number of fused-ring (bicyclic) bond motifs is 1. The number of nitrogen functional groups attached to an aromatic ring is 2. The summed E-state index contributed by atoms with van der Waals surface area (Å²) in [5, 5.41) is 4.58. The predicted molar refractivity (Wildman–Crippen MR) is 77.7 cm³/mol. The molecule has 3 rings (SSSR count). The molecule has 114 valence electrons. The molecular weight excluding hydrogens is 319 g/mol. The first kappa shape index (κ1) is 14.5. The highest BCUT2D eigenvalue weighted by Gasteiger charge is 2.31. The quantitative estimate of drug-likeness (QED) is 0.672. The standard InChI is InChI=1S/C13H9ClF3N5/c14-8-2-7(13(15,16)17)5-20-12(8)22-11-3-10(19)9(18)1-6(11)4-21-22/h1-5H,18-19H2. The molecule has 4 N–H and O–H groups in total. The second kappa shape index (κ2) is 4.77. The molecule has 22 heavy (non-hydrogen) atoms. The van der Waals surface area contributed by atoms with E-state index in [1.165, 1.54) is 10.9 Å². The van der Waals surface area contributed by atoms with Crippen molar-refractivity contribution in [2.45, 2.75) is 6.18 Å². The summed E-state index contributed by atoms with van der Waals surface area (Å²) < 4.78 is 39.2. The highest BCUT2D eigenvalue weighted by molar-refractivity contribution is 6.32. The van der Waals surface area contributed by atoms with Gasteiger partial charge in [0.05, 0.1) is 33.7 Å². The SMILES string of the molecule is Nc1cc2cnn(-c3ncc(C(F)(F)F)cc3Cl)c2cc1N. The molecule has 0 atom stereocenters. The number of pyridine rings is 1. The number of rotatable bonds is 1. The summed E-state index contributed by atoms with van der Waals surface area (Å²) in [7, 11) is 0. The Hall–Kier alpha value is -2.48. The second-order valence-electron chi connectivity index (χ2n) is 4.62. The van der Waals surface area contributed by atoms with Crippen molar-refractivity contribution >= 4 is 33.9 Å². The van der Waals surface area contributed by atoms with Gasteiger partial charge in [-0.15, -0.1) is 0 Å². The van der Waals surface area contributed by atoms with Crippen LogP contribution in [0.25, 0.3) is 16.7 Å². The summed E-state index contributed by atoms with van der Waals surface area (Å²) in [6.07, 6.45) is -2.31. The summed E-state index contributed by atoms with van der Waals surface area (Å²) in [6, 6.07) is 3.98. The lowest BCUT2D eigenvalue weighted by molar-refractivity contribution is -0.137. The zero-order chi connectivity index (χ0) is 16.1. The number of hydrogen-bond acceptors (Lipinski definition) is 4. The number of aromatic nitrogens is 3. The van der Waals surface area contributed by atoms with E-state index in [0.29, 0.717) is 28.5 Å². The first-order valence-electron chi connectivity index (χ1n) is 6.03. The third-order valence-electron chi connectivity index (χ3n) is 3.12. The molecule has 0 aliphatic rings. The molecule has 0 aliphatic heterocycles. The second-order valence-corrected chi connectivity index (χ2v) is 5.03. The maximum Gasteiger partial charge on any atom is 0.417 e. The van der Waals surface area contributed by atoms with Gasteiger partial charge in [0.1, 0.15) is 0 Å². The van der Waals surface area contributed by atoms with Crippen LogP contribution in [-0.4, -0.2) is 14.8 Å². The summed E-state index contributed by atoms with van der Waals surface area (Å²) in [5.41, 5.74) is 11.8. The van der Waals surface area contributed by atoms with Crippen molar-refractivity contribution in [1.29, 1.82) is 0 Å². The maximum atomic E-state index is 12.6. The highest BCUT2D eigenvalue weighted by Crippen LogP contribution is 2.33. The zero-order valence-corrected chi connectivity index (χ0v) is 11.7. The van der Waals surface area contributed by atoms with Crippen LogP contribution in [0.5, 0.6) is 0 Å². The number of benzene rings is 1. The van der Waals surface area contributed by atoms with Crippen molar-refractivity contribution in [3.8, 4) is 5.82 Å². The Balaban J connectivity index is 2.18. The lowest BCUT2D eigenvalue weighted by Crippen LogP contribution is -2.08. The highest BCUT2D eigenvalue weighted by atomic mass is 35.5. The minimum atomic E-state index is -4.51. The molecule has 0 fully saturated rings. The summed E-state index contributed by atoms with van der Waals surface area (Å²) in [6.45, 7) is 0. The average Bonchev–Trinajstić information content (AvgIpc) is 2.81. The number of anilines is 2. The zero-order valence-electron chi connectivity index (χ0n) is 10.9. The molecule has 0 radical (unpaired) electrons. The lowest BCUT2D eigenvalue weighted by Gasteiger charge is -2.10. The first-order chi connectivity index (χ1) is 10.3. The molecule has 0 saturated heterocycles. The molecule has 5 nitrogen and oxygen atoms in total. The van der Waals surface area contributed by atoms with Gasteiger partial charge in [0.25, 0.3) is 0 Å². The molecule has 1 aromatic carbocycles. The Morgan fingerprint density at radius 3 is 2.36 bits per heavy atom. The Bertz CT molecular complexity index is 872. The van der Waals surface area contributed by atoms with E-state index >= 15 is 0 Å². The van der Waals surface area contributed by atoms with Crippen molar-refractivity contribution < 1.29 is 13.2 Å². The van der Waals surface area contributed by atoms with Gasteiger partial charge in [-0.3, -0.25) is 0 Å². The topological polar surface area (TPSA) is 82.8 Å². The van der Waals surface area contributed by atoms with Crippen molar-refractivity contribution in [2.24, 2.45) is 0 Å². The number of halogens is 4. The van der Waals surface area contributed by atoms with Crippen LogP contribution in [0.15, 0.2) is 30.6 Å². The lowest BCUT2D eigenvalue weighted by atomic mass is 10.2. The summed E-state index contributed by atoms with van der Waals surface area (Å²) in [4.78, 5) is 3.77. The Morgan fingerprint density at radius 1 is 1.05 bits per heavy atom. The van der Waals surface area contributed by atoms with Crippen LogP contribution < -0.4 is 11.5 Å². The Morgan fingerprint density at radius 2 is 1.73 bits per heavy atom. The van der Waals surface area contributed by atoms with Gasteiger partial charge < -0.3 is 11.5 Å². The van der Waals surface area contributed by atoms with Crippen LogP contribution in [0.2, 0.25) is 5.02 Å². The molecular formula is C13H9ClF3N5. The van der Waals surface area contributed by atoms with Gasteiger partial charge in [-0.1, -0.05) is 11.6 Å².